The third kappa shape index (κ3) is 11.5. The largest absolute Gasteiger partial charge is 0.0885 e. The molecule has 0 heterocycles. The minimum Gasteiger partial charge on any atom is -0.0885 e. The lowest BCUT2D eigenvalue weighted by Gasteiger charge is -2.16. The molecule has 0 aromatic rings. The molecule has 14 heavy (non-hydrogen) atoms. The van der Waals surface area contributed by atoms with Gasteiger partial charge >= 0.3 is 0 Å². The summed E-state index contributed by atoms with van der Waals surface area (Å²) < 4.78 is 0. The highest BCUT2D eigenvalue weighted by atomic mass is 14.1. The minimum atomic E-state index is 0.496. The fourth-order valence-electron chi connectivity index (χ4n) is 1.31. The van der Waals surface area contributed by atoms with Crippen LogP contribution >= 0.6 is 0 Å². The molecule has 0 rings (SSSR count). The van der Waals surface area contributed by atoms with Crippen LogP contribution in [0.5, 0.6) is 0 Å². The first-order chi connectivity index (χ1) is 6.56. The number of hydrogen-bond donors (Lipinski definition) is 0. The molecular weight excluding hydrogens is 168 g/mol. The lowest BCUT2D eigenvalue weighted by molar-refractivity contribution is 0.367. The van der Waals surface area contributed by atoms with Crippen molar-refractivity contribution >= 4 is 0 Å². The van der Waals surface area contributed by atoms with Crippen LogP contribution in [0.4, 0.5) is 0 Å². The summed E-state index contributed by atoms with van der Waals surface area (Å²) >= 11 is 0. The fourth-order valence-corrected chi connectivity index (χ4v) is 1.31. The summed E-state index contributed by atoms with van der Waals surface area (Å²) in [7, 11) is 0. The van der Waals surface area contributed by atoms with Crippen LogP contribution in [0.1, 0.15) is 59.8 Å². The molecule has 0 N–H and O–H groups in total. The average Bonchev–Trinajstić information content (AvgIpc) is 2.08. The Balaban J connectivity index is 3.32. The average molecular weight is 194 g/mol. The number of allylic oxidation sites excluding steroid dienone is 4. The van der Waals surface area contributed by atoms with Gasteiger partial charge in [-0.25, -0.2) is 0 Å². The van der Waals surface area contributed by atoms with Gasteiger partial charge in [-0.15, -0.1) is 0 Å². The van der Waals surface area contributed by atoms with Gasteiger partial charge in [0.1, 0.15) is 0 Å². The molecule has 0 fully saturated rings. The van der Waals surface area contributed by atoms with Crippen LogP contribution in [0.2, 0.25) is 0 Å². The maximum Gasteiger partial charge on any atom is -0.0169 e. The first kappa shape index (κ1) is 13.5. The van der Waals surface area contributed by atoms with Gasteiger partial charge in [-0.2, -0.15) is 0 Å². The summed E-state index contributed by atoms with van der Waals surface area (Å²) in [6.45, 7) is 9.09. The maximum atomic E-state index is 2.31. The third-order valence-electron chi connectivity index (χ3n) is 2.14. The molecule has 0 radical (unpaired) electrons. The molecule has 82 valence electrons. The Morgan fingerprint density at radius 2 is 1.57 bits per heavy atom. The van der Waals surface area contributed by atoms with Crippen molar-refractivity contribution in [1.29, 1.82) is 0 Å². The van der Waals surface area contributed by atoms with Crippen molar-refractivity contribution in [1.82, 2.24) is 0 Å². The van der Waals surface area contributed by atoms with Gasteiger partial charge in [0.25, 0.3) is 0 Å². The Morgan fingerprint density at radius 3 is 2.14 bits per heavy atom. The van der Waals surface area contributed by atoms with Crippen LogP contribution < -0.4 is 0 Å². The molecule has 0 nitrogen and oxygen atoms in total. The molecule has 0 spiro atoms. The molecule has 0 saturated heterocycles. The van der Waals surface area contributed by atoms with Gasteiger partial charge in [0.15, 0.2) is 0 Å². The Bertz CT molecular complexity index is 167. The molecule has 0 atom stereocenters. The van der Waals surface area contributed by atoms with Crippen molar-refractivity contribution in [3.8, 4) is 0 Å². The van der Waals surface area contributed by atoms with E-state index in [9.17, 15) is 0 Å². The van der Waals surface area contributed by atoms with Crippen molar-refractivity contribution in [3.05, 3.63) is 24.3 Å². The van der Waals surface area contributed by atoms with Crippen LogP contribution in [0.3, 0.4) is 0 Å². The predicted molar refractivity (Wildman–Crippen MR) is 66.5 cm³/mol. The van der Waals surface area contributed by atoms with E-state index in [1.807, 2.05) is 0 Å². The third-order valence-corrected chi connectivity index (χ3v) is 2.14. The van der Waals surface area contributed by atoms with E-state index in [0.29, 0.717) is 5.41 Å². The lowest BCUT2D eigenvalue weighted by atomic mass is 9.90. The van der Waals surface area contributed by atoms with E-state index in [1.165, 1.54) is 19.3 Å². The molecule has 0 aromatic heterocycles. The SMILES string of the molecule is CC/C=C/C/C=C/CCCC(C)(C)C. The van der Waals surface area contributed by atoms with Gasteiger partial charge in [0.05, 0.1) is 0 Å². The summed E-state index contributed by atoms with van der Waals surface area (Å²) in [5, 5.41) is 0. The standard InChI is InChI=1S/C14H26/c1-5-6-7-8-9-10-11-12-13-14(2,3)4/h6-7,9-10H,5,8,11-13H2,1-4H3/b7-6+,10-9+. The highest BCUT2D eigenvalue weighted by molar-refractivity contribution is 4.92. The Labute approximate surface area is 90.1 Å². The predicted octanol–water partition coefficient (Wildman–Crippen LogP) is 5.12. The van der Waals surface area contributed by atoms with E-state index in [4.69, 9.17) is 0 Å². The number of hydrogen-bond acceptors (Lipinski definition) is 0. The van der Waals surface area contributed by atoms with Gasteiger partial charge in [-0.1, -0.05) is 52.0 Å². The van der Waals surface area contributed by atoms with E-state index in [1.54, 1.807) is 0 Å². The van der Waals surface area contributed by atoms with Crippen LogP contribution in [-0.2, 0) is 0 Å². The topological polar surface area (TPSA) is 0 Å². The van der Waals surface area contributed by atoms with E-state index < -0.39 is 0 Å². The van der Waals surface area contributed by atoms with E-state index in [0.717, 1.165) is 12.8 Å². The van der Waals surface area contributed by atoms with Crippen LogP contribution in [0, 0.1) is 5.41 Å². The summed E-state index contributed by atoms with van der Waals surface area (Å²) in [4.78, 5) is 0. The Hall–Kier alpha value is -0.520. The van der Waals surface area contributed by atoms with Gasteiger partial charge in [0, 0.05) is 0 Å². The number of rotatable bonds is 6. The van der Waals surface area contributed by atoms with Crippen LogP contribution in [0.25, 0.3) is 0 Å². The minimum absolute atomic E-state index is 0.496. The molecule has 0 aliphatic carbocycles. The monoisotopic (exact) mass is 194 g/mol. The number of unbranched alkanes of at least 4 members (excludes halogenated alkanes) is 1. The Kier molecular flexibility index (Phi) is 7.55. The fraction of sp³-hybridized carbons (Fsp3) is 0.714. The van der Waals surface area contributed by atoms with Gasteiger partial charge in [-0.05, 0) is 37.5 Å². The van der Waals surface area contributed by atoms with Crippen molar-refractivity contribution in [2.24, 2.45) is 5.41 Å². The smallest absolute Gasteiger partial charge is 0.0169 e. The van der Waals surface area contributed by atoms with Gasteiger partial charge in [0.2, 0.25) is 0 Å². The van der Waals surface area contributed by atoms with E-state index >= 15 is 0 Å². The molecule has 0 aromatic carbocycles. The molecule has 0 heteroatoms. The summed E-state index contributed by atoms with van der Waals surface area (Å²) in [5.74, 6) is 0. The highest BCUT2D eigenvalue weighted by Gasteiger charge is 2.07. The lowest BCUT2D eigenvalue weighted by Crippen LogP contribution is -2.03. The second-order valence-corrected chi connectivity index (χ2v) is 5.04. The zero-order valence-electron chi connectivity index (χ0n) is 10.3. The molecule has 0 aliphatic rings. The molecule has 0 amide bonds. The van der Waals surface area contributed by atoms with Crippen molar-refractivity contribution in [2.75, 3.05) is 0 Å². The first-order valence-corrected chi connectivity index (χ1v) is 5.86. The maximum absolute atomic E-state index is 2.31. The second-order valence-electron chi connectivity index (χ2n) is 5.04. The van der Waals surface area contributed by atoms with Gasteiger partial charge < -0.3 is 0 Å². The normalized spacial score (nSPS) is 13.1. The Morgan fingerprint density at radius 1 is 0.929 bits per heavy atom. The zero-order chi connectivity index (χ0) is 10.9. The van der Waals surface area contributed by atoms with Crippen molar-refractivity contribution in [2.45, 2.75) is 59.8 Å². The highest BCUT2D eigenvalue weighted by Crippen LogP contribution is 2.21. The molecule has 0 saturated carbocycles. The quantitative estimate of drug-likeness (QED) is 0.407. The first-order valence-electron chi connectivity index (χ1n) is 5.86. The molecule has 0 unspecified atom stereocenters. The van der Waals surface area contributed by atoms with E-state index in [-0.39, 0.29) is 0 Å². The molecule has 0 bridgehead atoms. The van der Waals surface area contributed by atoms with Crippen LogP contribution in [0.15, 0.2) is 24.3 Å². The summed E-state index contributed by atoms with van der Waals surface area (Å²) in [6.07, 6.45) is 15.2. The molecular formula is C14H26. The van der Waals surface area contributed by atoms with Crippen molar-refractivity contribution in [3.63, 3.8) is 0 Å². The zero-order valence-corrected chi connectivity index (χ0v) is 10.3. The van der Waals surface area contributed by atoms with Gasteiger partial charge in [-0.3, -0.25) is 0 Å². The van der Waals surface area contributed by atoms with E-state index in [2.05, 4.69) is 52.0 Å². The molecule has 0 aliphatic heterocycles. The van der Waals surface area contributed by atoms with Crippen molar-refractivity contribution < 1.29 is 0 Å². The second kappa shape index (κ2) is 7.84. The van der Waals surface area contributed by atoms with Crippen LogP contribution in [-0.4, -0.2) is 0 Å². The summed E-state index contributed by atoms with van der Waals surface area (Å²) in [6, 6.07) is 0. The summed E-state index contributed by atoms with van der Waals surface area (Å²) in [5.41, 5.74) is 0.496.